The van der Waals surface area contributed by atoms with Crippen LogP contribution in [-0.4, -0.2) is 5.71 Å². The van der Waals surface area contributed by atoms with E-state index in [9.17, 15) is 0 Å². The van der Waals surface area contributed by atoms with E-state index in [2.05, 4.69) is 22.9 Å². The molecule has 1 N–H and O–H groups in total. The Balaban J connectivity index is 3.01. The van der Waals surface area contributed by atoms with E-state index in [0.717, 1.165) is 12.0 Å². The Morgan fingerprint density at radius 1 is 1.50 bits per heavy atom. The first kappa shape index (κ1) is 7.73. The summed E-state index contributed by atoms with van der Waals surface area (Å²) in [4.78, 5) is 0. The Kier molecular flexibility index (Phi) is 2.09. The minimum atomic E-state index is 0.707. The first-order valence-electron chi connectivity index (χ1n) is 3.22. The largest absolute Gasteiger partial charge is 0.305 e. The molecule has 0 aromatic heterocycles. The lowest BCUT2D eigenvalue weighted by molar-refractivity contribution is 1.19. The molecule has 54 valence electrons. The van der Waals surface area contributed by atoms with Gasteiger partial charge in [0.1, 0.15) is 0 Å². The smallest absolute Gasteiger partial charge is 0.0357 e. The van der Waals surface area contributed by atoms with Crippen molar-refractivity contribution in [3.63, 3.8) is 0 Å². The second kappa shape index (κ2) is 2.70. The highest BCUT2D eigenvalue weighted by atomic mass is 79.9. The first-order valence-corrected chi connectivity index (χ1v) is 4.02. The first-order chi connectivity index (χ1) is 4.61. The lowest BCUT2D eigenvalue weighted by Gasteiger charge is -2.12. The van der Waals surface area contributed by atoms with Gasteiger partial charge in [0.25, 0.3) is 0 Å². The Bertz CT molecular complexity index is 230. The van der Waals surface area contributed by atoms with Crippen LogP contribution in [0.4, 0.5) is 0 Å². The van der Waals surface area contributed by atoms with E-state index < -0.39 is 0 Å². The summed E-state index contributed by atoms with van der Waals surface area (Å²) in [5.41, 5.74) is 3.12. The molecule has 1 aliphatic rings. The number of rotatable bonds is 0. The van der Waals surface area contributed by atoms with Crippen molar-refractivity contribution in [2.45, 2.75) is 20.3 Å². The average molecular weight is 200 g/mol. The third-order valence-electron chi connectivity index (χ3n) is 1.57. The van der Waals surface area contributed by atoms with Gasteiger partial charge in [-0.2, -0.15) is 0 Å². The van der Waals surface area contributed by atoms with Gasteiger partial charge in [-0.15, -0.1) is 0 Å². The molecule has 0 bridgehead atoms. The summed E-state index contributed by atoms with van der Waals surface area (Å²) in [6, 6.07) is 0. The molecule has 0 spiro atoms. The maximum atomic E-state index is 7.41. The minimum absolute atomic E-state index is 0.707. The summed E-state index contributed by atoms with van der Waals surface area (Å²) in [5.74, 6) is 0. The summed E-state index contributed by atoms with van der Waals surface area (Å²) < 4.78 is 1.17. The van der Waals surface area contributed by atoms with Crippen molar-refractivity contribution in [3.05, 3.63) is 21.7 Å². The van der Waals surface area contributed by atoms with Crippen molar-refractivity contribution in [2.24, 2.45) is 0 Å². The number of allylic oxidation sites excluding steroid dienone is 4. The summed E-state index contributed by atoms with van der Waals surface area (Å²) in [7, 11) is 0. The molecule has 0 saturated carbocycles. The van der Waals surface area contributed by atoms with Gasteiger partial charge in [-0.1, -0.05) is 21.5 Å². The van der Waals surface area contributed by atoms with Crippen molar-refractivity contribution in [1.29, 1.82) is 5.41 Å². The van der Waals surface area contributed by atoms with Crippen LogP contribution in [0.2, 0.25) is 0 Å². The standard InChI is InChI=1S/C8H10BrN/c1-5-3-7(10)4-6(2)8(5)9/h3,10H,4H2,1-2H3. The molecule has 1 rings (SSSR count). The monoisotopic (exact) mass is 199 g/mol. The van der Waals surface area contributed by atoms with E-state index in [4.69, 9.17) is 5.41 Å². The molecule has 10 heavy (non-hydrogen) atoms. The topological polar surface area (TPSA) is 23.9 Å². The molecule has 0 heterocycles. The molecule has 0 amide bonds. The summed E-state index contributed by atoms with van der Waals surface area (Å²) in [6.07, 6.45) is 2.69. The van der Waals surface area contributed by atoms with Crippen LogP contribution in [0.3, 0.4) is 0 Å². The maximum absolute atomic E-state index is 7.41. The number of nitrogens with one attached hydrogen (secondary N) is 1. The molecule has 0 aromatic rings. The van der Waals surface area contributed by atoms with Gasteiger partial charge in [0.05, 0.1) is 0 Å². The van der Waals surface area contributed by atoms with Crippen LogP contribution in [0.5, 0.6) is 0 Å². The van der Waals surface area contributed by atoms with Crippen LogP contribution in [0.1, 0.15) is 20.3 Å². The predicted molar refractivity (Wildman–Crippen MR) is 47.7 cm³/mol. The number of hydrogen-bond acceptors (Lipinski definition) is 1. The number of hydrogen-bond donors (Lipinski definition) is 1. The van der Waals surface area contributed by atoms with E-state index in [1.54, 1.807) is 0 Å². The van der Waals surface area contributed by atoms with Crippen LogP contribution < -0.4 is 0 Å². The van der Waals surface area contributed by atoms with E-state index in [1.165, 1.54) is 10.1 Å². The molecule has 0 atom stereocenters. The summed E-state index contributed by atoms with van der Waals surface area (Å²) >= 11 is 3.46. The fraction of sp³-hybridized carbons (Fsp3) is 0.375. The maximum Gasteiger partial charge on any atom is 0.0357 e. The van der Waals surface area contributed by atoms with E-state index in [0.29, 0.717) is 5.71 Å². The normalized spacial score (nSPS) is 19.5. The zero-order chi connectivity index (χ0) is 7.72. The second-order valence-electron chi connectivity index (χ2n) is 2.62. The average Bonchev–Trinajstić information content (AvgIpc) is 1.82. The fourth-order valence-electron chi connectivity index (χ4n) is 1.08. The summed E-state index contributed by atoms with van der Waals surface area (Å²) in [5, 5.41) is 7.41. The van der Waals surface area contributed by atoms with Gasteiger partial charge >= 0.3 is 0 Å². The van der Waals surface area contributed by atoms with Gasteiger partial charge in [-0.3, -0.25) is 0 Å². The number of halogens is 1. The van der Waals surface area contributed by atoms with Crippen LogP contribution in [-0.2, 0) is 0 Å². The third kappa shape index (κ3) is 1.37. The molecule has 0 saturated heterocycles. The molecule has 1 aliphatic carbocycles. The van der Waals surface area contributed by atoms with Crippen molar-refractivity contribution in [1.82, 2.24) is 0 Å². The molecular formula is C8H10BrN. The Morgan fingerprint density at radius 2 is 2.10 bits per heavy atom. The van der Waals surface area contributed by atoms with Gasteiger partial charge in [0, 0.05) is 16.6 Å². The SMILES string of the molecule is CC1=CC(=N)CC(C)=C1Br. The second-order valence-corrected chi connectivity index (χ2v) is 3.42. The molecule has 0 aliphatic heterocycles. The van der Waals surface area contributed by atoms with Gasteiger partial charge in [-0.05, 0) is 25.5 Å². The predicted octanol–water partition coefficient (Wildman–Crippen LogP) is 3.03. The Labute approximate surface area is 69.5 Å². The summed E-state index contributed by atoms with van der Waals surface area (Å²) in [6.45, 7) is 4.07. The molecule has 2 heteroatoms. The lowest BCUT2D eigenvalue weighted by atomic mass is 10.0. The van der Waals surface area contributed by atoms with Crippen LogP contribution in [0.25, 0.3) is 0 Å². The minimum Gasteiger partial charge on any atom is -0.305 e. The lowest BCUT2D eigenvalue weighted by Crippen LogP contribution is -2.01. The molecule has 0 fully saturated rings. The van der Waals surface area contributed by atoms with Crippen molar-refractivity contribution < 1.29 is 0 Å². The molecule has 0 aromatic carbocycles. The molecule has 0 unspecified atom stereocenters. The third-order valence-corrected chi connectivity index (χ3v) is 2.87. The van der Waals surface area contributed by atoms with Gasteiger partial charge in [-0.25, -0.2) is 0 Å². The van der Waals surface area contributed by atoms with Crippen molar-refractivity contribution >= 4 is 21.6 Å². The molecular weight excluding hydrogens is 190 g/mol. The molecule has 0 radical (unpaired) electrons. The van der Waals surface area contributed by atoms with Gasteiger partial charge < -0.3 is 5.41 Å². The van der Waals surface area contributed by atoms with Crippen molar-refractivity contribution in [3.8, 4) is 0 Å². The highest BCUT2D eigenvalue weighted by Gasteiger charge is 2.09. The van der Waals surface area contributed by atoms with Crippen LogP contribution in [0.15, 0.2) is 21.7 Å². The van der Waals surface area contributed by atoms with E-state index >= 15 is 0 Å². The van der Waals surface area contributed by atoms with Crippen LogP contribution >= 0.6 is 15.9 Å². The van der Waals surface area contributed by atoms with Gasteiger partial charge in [0.15, 0.2) is 0 Å². The van der Waals surface area contributed by atoms with Crippen LogP contribution in [0, 0.1) is 5.41 Å². The Morgan fingerprint density at radius 3 is 2.60 bits per heavy atom. The molecule has 1 nitrogen and oxygen atoms in total. The zero-order valence-corrected chi connectivity index (χ0v) is 7.75. The highest BCUT2D eigenvalue weighted by Crippen LogP contribution is 2.27. The van der Waals surface area contributed by atoms with Crippen molar-refractivity contribution in [2.75, 3.05) is 0 Å². The van der Waals surface area contributed by atoms with E-state index in [-0.39, 0.29) is 0 Å². The van der Waals surface area contributed by atoms with E-state index in [1.807, 2.05) is 13.0 Å². The quantitative estimate of drug-likeness (QED) is 0.621. The fourth-order valence-corrected chi connectivity index (χ4v) is 1.33. The van der Waals surface area contributed by atoms with Gasteiger partial charge in [0.2, 0.25) is 0 Å². The Hall–Kier alpha value is -0.370. The highest BCUT2D eigenvalue weighted by molar-refractivity contribution is 9.12. The zero-order valence-electron chi connectivity index (χ0n) is 6.16.